The second-order valence-electron chi connectivity index (χ2n) is 4.71. The van der Waals surface area contributed by atoms with Crippen LogP contribution in [0.2, 0.25) is 0 Å². The van der Waals surface area contributed by atoms with Gasteiger partial charge in [-0.2, -0.15) is 0 Å². The Morgan fingerprint density at radius 1 is 1.10 bits per heavy atom. The molecule has 2 aromatic rings. The number of hydrogen-bond acceptors (Lipinski definition) is 3. The highest BCUT2D eigenvalue weighted by Gasteiger charge is 2.19. The van der Waals surface area contributed by atoms with Gasteiger partial charge in [-0.3, -0.25) is 0 Å². The Labute approximate surface area is 132 Å². The van der Waals surface area contributed by atoms with Crippen LogP contribution in [0.4, 0.5) is 0 Å². The summed E-state index contributed by atoms with van der Waals surface area (Å²) in [7, 11) is 0. The summed E-state index contributed by atoms with van der Waals surface area (Å²) in [5, 5.41) is 9.39. The fraction of sp³-hybridized carbons (Fsp3) is 0.118. The van der Waals surface area contributed by atoms with E-state index in [9.17, 15) is 9.90 Å². The lowest BCUT2D eigenvalue weighted by atomic mass is 10.0. The van der Waals surface area contributed by atoms with Crippen LogP contribution in [0.25, 0.3) is 0 Å². The highest BCUT2D eigenvalue weighted by atomic mass is 79.9. The second-order valence-corrected chi connectivity index (χ2v) is 5.62. The monoisotopic (exact) mass is 346 g/mol. The fourth-order valence-electron chi connectivity index (χ4n) is 1.82. The molecule has 0 saturated heterocycles. The number of benzene rings is 2. The third kappa shape index (κ3) is 3.95. The molecule has 0 aliphatic rings. The van der Waals surface area contributed by atoms with E-state index in [1.54, 1.807) is 31.2 Å². The van der Waals surface area contributed by atoms with E-state index in [1.807, 2.05) is 24.3 Å². The van der Waals surface area contributed by atoms with Crippen molar-refractivity contribution in [1.82, 2.24) is 0 Å². The molecule has 1 N–H and O–H groups in total. The molecule has 4 heteroatoms. The molecule has 1 unspecified atom stereocenters. The summed E-state index contributed by atoms with van der Waals surface area (Å²) >= 11 is 3.38. The van der Waals surface area contributed by atoms with Crippen LogP contribution in [0.1, 0.15) is 24.2 Å². The Balaban J connectivity index is 2.38. The predicted molar refractivity (Wildman–Crippen MR) is 85.0 cm³/mol. The summed E-state index contributed by atoms with van der Waals surface area (Å²) in [5.41, 5.74) is 1.97. The third-order valence-corrected chi connectivity index (χ3v) is 3.47. The van der Waals surface area contributed by atoms with Gasteiger partial charge in [0.1, 0.15) is 5.75 Å². The summed E-state index contributed by atoms with van der Waals surface area (Å²) < 4.78 is 6.47. The first kappa shape index (κ1) is 15.3. The number of hydrogen-bond donors (Lipinski definition) is 1. The molecule has 0 aromatic heterocycles. The Morgan fingerprint density at radius 2 is 1.57 bits per heavy atom. The third-order valence-electron chi connectivity index (χ3n) is 2.94. The SMILES string of the molecule is C=C(C)C(=O)OC(c1ccc(O)cc1)c1ccc(Br)cc1. The van der Waals surface area contributed by atoms with Gasteiger partial charge in [-0.1, -0.05) is 46.8 Å². The Morgan fingerprint density at radius 3 is 2.05 bits per heavy atom. The fourth-order valence-corrected chi connectivity index (χ4v) is 2.09. The largest absolute Gasteiger partial charge is 0.508 e. The number of carbonyl (C=O) groups excluding carboxylic acids is 1. The number of esters is 1. The van der Waals surface area contributed by atoms with Gasteiger partial charge in [0.15, 0.2) is 6.10 Å². The van der Waals surface area contributed by atoms with Crippen molar-refractivity contribution < 1.29 is 14.6 Å². The first-order valence-corrected chi connectivity index (χ1v) is 7.17. The molecule has 0 bridgehead atoms. The molecule has 0 aliphatic carbocycles. The lowest BCUT2D eigenvalue weighted by molar-refractivity contribution is -0.142. The molecule has 0 aliphatic heterocycles. The van der Waals surface area contributed by atoms with Crippen LogP contribution in [0.5, 0.6) is 5.75 Å². The van der Waals surface area contributed by atoms with Crippen molar-refractivity contribution in [2.45, 2.75) is 13.0 Å². The van der Waals surface area contributed by atoms with Gasteiger partial charge in [-0.05, 0) is 42.3 Å². The van der Waals surface area contributed by atoms with Crippen LogP contribution in [-0.2, 0) is 9.53 Å². The van der Waals surface area contributed by atoms with E-state index in [4.69, 9.17) is 4.74 Å². The highest BCUT2D eigenvalue weighted by Crippen LogP contribution is 2.29. The Kier molecular flexibility index (Phi) is 4.81. The van der Waals surface area contributed by atoms with Crippen molar-refractivity contribution in [2.75, 3.05) is 0 Å². The van der Waals surface area contributed by atoms with Crippen LogP contribution < -0.4 is 0 Å². The van der Waals surface area contributed by atoms with Gasteiger partial charge in [0.2, 0.25) is 0 Å². The average Bonchev–Trinajstić information content (AvgIpc) is 2.46. The van der Waals surface area contributed by atoms with Crippen molar-refractivity contribution in [2.24, 2.45) is 0 Å². The van der Waals surface area contributed by atoms with Crippen LogP contribution in [0.15, 0.2) is 65.2 Å². The molecular formula is C17H15BrO3. The minimum absolute atomic E-state index is 0.166. The van der Waals surface area contributed by atoms with E-state index in [1.165, 1.54) is 0 Å². The molecule has 0 amide bonds. The first-order chi connectivity index (χ1) is 9.97. The van der Waals surface area contributed by atoms with Crippen molar-refractivity contribution in [3.63, 3.8) is 0 Å². The van der Waals surface area contributed by atoms with E-state index in [-0.39, 0.29) is 5.75 Å². The number of halogens is 1. The zero-order valence-electron chi connectivity index (χ0n) is 11.5. The smallest absolute Gasteiger partial charge is 0.334 e. The van der Waals surface area contributed by atoms with Crippen molar-refractivity contribution in [3.8, 4) is 5.75 Å². The Bertz CT molecular complexity index is 599. The predicted octanol–water partition coefficient (Wildman–Crippen LogP) is 4.36. The summed E-state index contributed by atoms with van der Waals surface area (Å²) in [6.45, 7) is 5.21. The maximum Gasteiger partial charge on any atom is 0.334 e. The summed E-state index contributed by atoms with van der Waals surface area (Å²) in [4.78, 5) is 11.9. The maximum absolute atomic E-state index is 11.9. The van der Waals surface area contributed by atoms with E-state index in [0.29, 0.717) is 5.57 Å². The van der Waals surface area contributed by atoms with E-state index < -0.39 is 12.1 Å². The van der Waals surface area contributed by atoms with Gasteiger partial charge in [0.05, 0.1) is 0 Å². The van der Waals surface area contributed by atoms with Gasteiger partial charge < -0.3 is 9.84 Å². The number of rotatable bonds is 4. The molecule has 21 heavy (non-hydrogen) atoms. The molecule has 3 nitrogen and oxygen atoms in total. The molecule has 0 radical (unpaired) electrons. The van der Waals surface area contributed by atoms with E-state index >= 15 is 0 Å². The van der Waals surface area contributed by atoms with Crippen LogP contribution in [-0.4, -0.2) is 11.1 Å². The van der Waals surface area contributed by atoms with Gasteiger partial charge >= 0.3 is 5.97 Å². The zero-order chi connectivity index (χ0) is 15.4. The summed E-state index contributed by atoms with van der Waals surface area (Å²) in [5.74, 6) is -0.282. The minimum Gasteiger partial charge on any atom is -0.508 e. The zero-order valence-corrected chi connectivity index (χ0v) is 13.1. The number of ether oxygens (including phenoxy) is 1. The number of aromatic hydroxyl groups is 1. The molecule has 2 rings (SSSR count). The van der Waals surface area contributed by atoms with E-state index in [0.717, 1.165) is 15.6 Å². The van der Waals surface area contributed by atoms with Gasteiger partial charge in [-0.25, -0.2) is 4.79 Å². The van der Waals surface area contributed by atoms with Crippen molar-refractivity contribution in [1.29, 1.82) is 0 Å². The average molecular weight is 347 g/mol. The Hall–Kier alpha value is -2.07. The maximum atomic E-state index is 11.9. The second kappa shape index (κ2) is 6.59. The molecule has 0 fully saturated rings. The molecular weight excluding hydrogens is 332 g/mol. The molecule has 0 saturated carbocycles. The summed E-state index contributed by atoms with van der Waals surface area (Å²) in [6.07, 6.45) is -0.539. The lowest BCUT2D eigenvalue weighted by Gasteiger charge is -2.19. The van der Waals surface area contributed by atoms with E-state index in [2.05, 4.69) is 22.5 Å². The summed E-state index contributed by atoms with van der Waals surface area (Å²) in [6, 6.07) is 14.1. The van der Waals surface area contributed by atoms with Crippen LogP contribution >= 0.6 is 15.9 Å². The molecule has 0 spiro atoms. The minimum atomic E-state index is -0.539. The number of phenolic OH excluding ortho intramolecular Hbond substituents is 1. The number of phenols is 1. The van der Waals surface area contributed by atoms with Crippen molar-refractivity contribution in [3.05, 3.63) is 76.3 Å². The van der Waals surface area contributed by atoms with Crippen LogP contribution in [0.3, 0.4) is 0 Å². The lowest BCUT2D eigenvalue weighted by Crippen LogP contribution is -2.13. The normalized spacial score (nSPS) is 11.7. The van der Waals surface area contributed by atoms with Crippen molar-refractivity contribution >= 4 is 21.9 Å². The molecule has 108 valence electrons. The van der Waals surface area contributed by atoms with Gasteiger partial charge in [0.25, 0.3) is 0 Å². The molecule has 2 aromatic carbocycles. The van der Waals surface area contributed by atoms with Crippen LogP contribution in [0, 0.1) is 0 Å². The molecule has 0 heterocycles. The van der Waals surface area contributed by atoms with Gasteiger partial charge in [0, 0.05) is 10.0 Å². The number of carbonyl (C=O) groups is 1. The van der Waals surface area contributed by atoms with Gasteiger partial charge in [-0.15, -0.1) is 0 Å². The standard InChI is InChI=1S/C17H15BrO3/c1-11(2)17(20)21-16(12-3-7-14(18)8-4-12)13-5-9-15(19)10-6-13/h3-10,16,19H,1H2,2H3. The first-order valence-electron chi connectivity index (χ1n) is 6.38. The highest BCUT2D eigenvalue weighted by molar-refractivity contribution is 9.10. The quantitative estimate of drug-likeness (QED) is 0.660. The topological polar surface area (TPSA) is 46.5 Å². The molecule has 1 atom stereocenters.